The molecule has 0 radical (unpaired) electrons. The molecule has 0 aliphatic carbocycles. The lowest BCUT2D eigenvalue weighted by molar-refractivity contribution is 0.345. The summed E-state index contributed by atoms with van der Waals surface area (Å²) < 4.78 is 0. The largest absolute Gasteiger partial charge is 0.357 e. The van der Waals surface area contributed by atoms with Crippen molar-refractivity contribution in [3.05, 3.63) is 51.5 Å². The van der Waals surface area contributed by atoms with Crippen LogP contribution in [0.15, 0.2) is 34.6 Å². The molecule has 0 spiro atoms. The van der Waals surface area contributed by atoms with Crippen LogP contribution < -0.4 is 10.6 Å². The smallest absolute Gasteiger partial charge is 0.191 e. The average Bonchev–Trinajstić information content (AvgIpc) is 3.05. The van der Waals surface area contributed by atoms with E-state index in [1.807, 2.05) is 6.92 Å². The normalized spacial score (nSPS) is 11.8. The SMILES string of the molecule is CCNC(=NCc1cccc(CN(C)CC)c1)NCCc1csc(C)n1. The zero-order valence-electron chi connectivity index (χ0n) is 16.4. The van der Waals surface area contributed by atoms with E-state index in [2.05, 4.69) is 71.1 Å². The zero-order valence-corrected chi connectivity index (χ0v) is 17.2. The van der Waals surface area contributed by atoms with E-state index < -0.39 is 0 Å². The highest BCUT2D eigenvalue weighted by atomic mass is 32.1. The van der Waals surface area contributed by atoms with E-state index in [1.165, 1.54) is 11.1 Å². The summed E-state index contributed by atoms with van der Waals surface area (Å²) in [6.07, 6.45) is 0.910. The van der Waals surface area contributed by atoms with Crippen LogP contribution >= 0.6 is 11.3 Å². The Labute approximate surface area is 161 Å². The summed E-state index contributed by atoms with van der Waals surface area (Å²) in [6.45, 7) is 10.7. The van der Waals surface area contributed by atoms with Crippen LogP contribution in [-0.4, -0.2) is 42.5 Å². The number of nitrogens with one attached hydrogen (secondary N) is 2. The molecule has 1 heterocycles. The third-order valence-electron chi connectivity index (χ3n) is 4.09. The first-order valence-corrected chi connectivity index (χ1v) is 10.2. The molecule has 2 rings (SSSR count). The number of guanidine groups is 1. The monoisotopic (exact) mass is 373 g/mol. The van der Waals surface area contributed by atoms with Crippen molar-refractivity contribution < 1.29 is 0 Å². The van der Waals surface area contributed by atoms with E-state index in [0.717, 1.165) is 49.3 Å². The lowest BCUT2D eigenvalue weighted by atomic mass is 10.1. The molecule has 0 amide bonds. The second kappa shape index (κ2) is 10.9. The minimum absolute atomic E-state index is 0.675. The van der Waals surface area contributed by atoms with Gasteiger partial charge in [0.1, 0.15) is 0 Å². The Morgan fingerprint density at radius 1 is 1.23 bits per heavy atom. The number of nitrogens with zero attached hydrogens (tertiary/aromatic N) is 3. The van der Waals surface area contributed by atoms with Gasteiger partial charge in [0, 0.05) is 31.4 Å². The van der Waals surface area contributed by atoms with E-state index in [-0.39, 0.29) is 0 Å². The van der Waals surface area contributed by atoms with Gasteiger partial charge in [0.2, 0.25) is 0 Å². The first kappa shape index (κ1) is 20.4. The molecule has 5 nitrogen and oxygen atoms in total. The van der Waals surface area contributed by atoms with E-state index in [4.69, 9.17) is 4.99 Å². The number of aliphatic imine (C=N–C) groups is 1. The maximum atomic E-state index is 4.72. The number of hydrogen-bond acceptors (Lipinski definition) is 4. The second-order valence-electron chi connectivity index (χ2n) is 6.38. The van der Waals surface area contributed by atoms with Crippen molar-refractivity contribution in [1.82, 2.24) is 20.5 Å². The molecule has 6 heteroatoms. The van der Waals surface area contributed by atoms with Gasteiger partial charge in [-0.2, -0.15) is 0 Å². The van der Waals surface area contributed by atoms with Gasteiger partial charge in [-0.1, -0.05) is 31.2 Å². The average molecular weight is 374 g/mol. The molecule has 2 N–H and O–H groups in total. The first-order valence-electron chi connectivity index (χ1n) is 9.30. The molecule has 0 aliphatic rings. The first-order chi connectivity index (χ1) is 12.6. The lowest BCUT2D eigenvalue weighted by Crippen LogP contribution is -2.38. The molecular weight excluding hydrogens is 342 g/mol. The Morgan fingerprint density at radius 3 is 2.73 bits per heavy atom. The highest BCUT2D eigenvalue weighted by molar-refractivity contribution is 7.09. The summed E-state index contributed by atoms with van der Waals surface area (Å²) in [5.74, 6) is 0.857. The fraction of sp³-hybridized carbons (Fsp3) is 0.500. The molecule has 0 saturated carbocycles. The number of hydrogen-bond donors (Lipinski definition) is 2. The fourth-order valence-corrected chi connectivity index (χ4v) is 3.24. The van der Waals surface area contributed by atoms with Crippen LogP contribution in [0.5, 0.6) is 0 Å². The van der Waals surface area contributed by atoms with Crippen LogP contribution in [0.25, 0.3) is 0 Å². The summed E-state index contributed by atoms with van der Waals surface area (Å²) in [4.78, 5) is 11.5. The van der Waals surface area contributed by atoms with Gasteiger partial charge in [-0.15, -0.1) is 11.3 Å². The van der Waals surface area contributed by atoms with Crippen LogP contribution in [0.2, 0.25) is 0 Å². The van der Waals surface area contributed by atoms with Gasteiger partial charge in [-0.05, 0) is 38.6 Å². The minimum Gasteiger partial charge on any atom is -0.357 e. The summed E-state index contributed by atoms with van der Waals surface area (Å²) in [5, 5.41) is 9.96. The third-order valence-corrected chi connectivity index (χ3v) is 4.91. The van der Waals surface area contributed by atoms with Crippen molar-refractivity contribution in [3.63, 3.8) is 0 Å². The Kier molecular flexibility index (Phi) is 8.58. The van der Waals surface area contributed by atoms with Crippen molar-refractivity contribution in [1.29, 1.82) is 0 Å². The summed E-state index contributed by atoms with van der Waals surface area (Å²) in [5.41, 5.74) is 3.71. The molecule has 0 unspecified atom stereocenters. The zero-order chi connectivity index (χ0) is 18.8. The molecule has 0 atom stereocenters. The molecule has 142 valence electrons. The Morgan fingerprint density at radius 2 is 2.04 bits per heavy atom. The van der Waals surface area contributed by atoms with Gasteiger partial charge in [0.25, 0.3) is 0 Å². The molecule has 0 fully saturated rings. The highest BCUT2D eigenvalue weighted by Crippen LogP contribution is 2.09. The second-order valence-corrected chi connectivity index (χ2v) is 7.44. The lowest BCUT2D eigenvalue weighted by Gasteiger charge is -2.14. The molecule has 26 heavy (non-hydrogen) atoms. The maximum absolute atomic E-state index is 4.72. The van der Waals surface area contributed by atoms with Gasteiger partial charge in [-0.25, -0.2) is 9.98 Å². The molecular formula is C20H31N5S. The predicted octanol–water partition coefficient (Wildman–Crippen LogP) is 3.20. The standard InChI is InChI=1S/C20H31N5S/c1-5-21-20(22-11-10-19-15-26-16(3)24-19)23-13-17-8-7-9-18(12-17)14-25(4)6-2/h7-9,12,15H,5-6,10-11,13-14H2,1-4H3,(H2,21,22,23). The van der Waals surface area contributed by atoms with E-state index in [1.54, 1.807) is 11.3 Å². The number of benzene rings is 1. The van der Waals surface area contributed by atoms with Gasteiger partial charge in [0.05, 0.1) is 17.2 Å². The Hall–Kier alpha value is -1.92. The Bertz CT molecular complexity index is 695. The molecule has 2 aromatic rings. The van der Waals surface area contributed by atoms with E-state index >= 15 is 0 Å². The van der Waals surface area contributed by atoms with Gasteiger partial charge in [0.15, 0.2) is 5.96 Å². The quantitative estimate of drug-likeness (QED) is 0.523. The fourth-order valence-electron chi connectivity index (χ4n) is 2.59. The highest BCUT2D eigenvalue weighted by Gasteiger charge is 2.02. The van der Waals surface area contributed by atoms with Crippen LogP contribution in [0, 0.1) is 6.92 Å². The Balaban J connectivity index is 1.90. The topological polar surface area (TPSA) is 52.6 Å². The molecule has 0 aliphatic heterocycles. The summed E-state index contributed by atoms with van der Waals surface area (Å²) >= 11 is 1.70. The number of rotatable bonds is 9. The molecule has 0 saturated heterocycles. The van der Waals surface area contributed by atoms with Crippen molar-refractivity contribution >= 4 is 17.3 Å². The minimum atomic E-state index is 0.675. The van der Waals surface area contributed by atoms with Gasteiger partial charge >= 0.3 is 0 Å². The van der Waals surface area contributed by atoms with Crippen molar-refractivity contribution in [2.45, 2.75) is 40.3 Å². The number of thiazole rings is 1. The molecule has 1 aromatic carbocycles. The van der Waals surface area contributed by atoms with Crippen LogP contribution in [-0.2, 0) is 19.5 Å². The van der Waals surface area contributed by atoms with Crippen LogP contribution in [0.3, 0.4) is 0 Å². The maximum Gasteiger partial charge on any atom is 0.191 e. The van der Waals surface area contributed by atoms with Gasteiger partial charge < -0.3 is 15.5 Å². The van der Waals surface area contributed by atoms with Crippen molar-refractivity contribution in [2.75, 3.05) is 26.7 Å². The van der Waals surface area contributed by atoms with E-state index in [0.29, 0.717) is 6.54 Å². The molecule has 0 bridgehead atoms. The van der Waals surface area contributed by atoms with Gasteiger partial charge in [-0.3, -0.25) is 0 Å². The van der Waals surface area contributed by atoms with Crippen LogP contribution in [0.4, 0.5) is 0 Å². The number of aryl methyl sites for hydroxylation is 1. The van der Waals surface area contributed by atoms with Crippen LogP contribution in [0.1, 0.15) is 35.7 Å². The summed E-state index contributed by atoms with van der Waals surface area (Å²) in [6, 6.07) is 8.69. The van der Waals surface area contributed by atoms with E-state index in [9.17, 15) is 0 Å². The number of aromatic nitrogens is 1. The third kappa shape index (κ3) is 7.14. The van der Waals surface area contributed by atoms with Crippen molar-refractivity contribution in [3.8, 4) is 0 Å². The molecule has 1 aromatic heterocycles. The summed E-state index contributed by atoms with van der Waals surface area (Å²) in [7, 11) is 2.14. The van der Waals surface area contributed by atoms with Crippen molar-refractivity contribution in [2.24, 2.45) is 4.99 Å². The predicted molar refractivity (Wildman–Crippen MR) is 112 cm³/mol.